The van der Waals surface area contributed by atoms with Gasteiger partial charge >= 0.3 is 0 Å². The lowest BCUT2D eigenvalue weighted by Gasteiger charge is -2.24. The summed E-state index contributed by atoms with van der Waals surface area (Å²) in [5, 5.41) is 20.1. The lowest BCUT2D eigenvalue weighted by atomic mass is 10.00. The van der Waals surface area contributed by atoms with Gasteiger partial charge in [-0.2, -0.15) is 0 Å². The molecule has 4 N–H and O–H groups in total. The number of aromatic nitrogens is 1. The van der Waals surface area contributed by atoms with Crippen LogP contribution in [-0.2, 0) is 17.8 Å². The zero-order valence-corrected chi connectivity index (χ0v) is 17.0. The number of carbonyl (C=O) groups excluding carboxylic acids is 1. The maximum absolute atomic E-state index is 11.1. The zero-order chi connectivity index (χ0) is 21.1. The molecule has 1 aliphatic rings. The van der Waals surface area contributed by atoms with Crippen LogP contribution >= 0.6 is 0 Å². The number of β-amino-alcohol motifs (C(OH)–C–C–N with tert-alkyl or cyclic N) is 1. The van der Waals surface area contributed by atoms with Crippen LogP contribution in [0.2, 0.25) is 0 Å². The predicted octanol–water partition coefficient (Wildman–Crippen LogP) is 3.17. The van der Waals surface area contributed by atoms with Crippen molar-refractivity contribution in [3.8, 4) is 0 Å². The molecule has 0 unspecified atom stereocenters. The summed E-state index contributed by atoms with van der Waals surface area (Å²) in [5.74, 6) is -0.555. The van der Waals surface area contributed by atoms with Gasteiger partial charge in [0.25, 0.3) is 5.91 Å². The first-order valence-electron chi connectivity index (χ1n) is 10.2. The van der Waals surface area contributed by atoms with Crippen molar-refractivity contribution in [1.29, 1.82) is 0 Å². The summed E-state index contributed by atoms with van der Waals surface area (Å²) in [6, 6.07) is 16.6. The Morgan fingerprint density at radius 2 is 2.00 bits per heavy atom. The molecular formula is C24H27N3O3. The highest BCUT2D eigenvalue weighted by atomic mass is 16.5. The molecule has 1 aromatic heterocycles. The first-order valence-corrected chi connectivity index (χ1v) is 10.2. The molecule has 4 rings (SSSR count). The van der Waals surface area contributed by atoms with Crippen molar-refractivity contribution in [2.24, 2.45) is 0 Å². The molecular weight excluding hydrogens is 378 g/mol. The lowest BCUT2D eigenvalue weighted by Crippen LogP contribution is -2.31. The fourth-order valence-corrected chi connectivity index (χ4v) is 4.37. The summed E-state index contributed by atoms with van der Waals surface area (Å²) in [4.78, 5) is 16.9. The number of carbonyl (C=O) groups is 1. The molecule has 1 amide bonds. The number of rotatable bonds is 6. The Hall–Kier alpha value is -2.93. The van der Waals surface area contributed by atoms with Crippen LogP contribution in [0.3, 0.4) is 0 Å². The topological polar surface area (TPSA) is 88.6 Å². The standard InChI is InChI=1S/C24H27N3O3/c1-16-22(21-4-2-3-5-23(21)25-16)13-19-12-20(28)15-27(19)14-18-8-6-17(7-9-18)10-11-24(29)26-30/h2-11,19-20,25,28,30H,12-15H2,1H3,(H,26,29)/b11-10+/t19-,20+/m1/s1. The second-order valence-electron chi connectivity index (χ2n) is 8.00. The number of nitrogens with zero attached hydrogens (tertiary/aromatic N) is 1. The van der Waals surface area contributed by atoms with E-state index >= 15 is 0 Å². The minimum Gasteiger partial charge on any atom is -0.392 e. The molecule has 6 heteroatoms. The maximum Gasteiger partial charge on any atom is 0.267 e. The van der Waals surface area contributed by atoms with Gasteiger partial charge in [0.1, 0.15) is 0 Å². The molecule has 1 aliphatic heterocycles. The second-order valence-corrected chi connectivity index (χ2v) is 8.00. The molecule has 30 heavy (non-hydrogen) atoms. The number of hydrogen-bond donors (Lipinski definition) is 4. The van der Waals surface area contributed by atoms with Crippen LogP contribution in [0.5, 0.6) is 0 Å². The molecule has 1 fully saturated rings. The van der Waals surface area contributed by atoms with Crippen LogP contribution < -0.4 is 5.48 Å². The fraction of sp³-hybridized carbons (Fsp3) is 0.292. The lowest BCUT2D eigenvalue weighted by molar-refractivity contribution is -0.124. The summed E-state index contributed by atoms with van der Waals surface area (Å²) in [5.41, 5.74) is 7.31. The Kier molecular flexibility index (Phi) is 5.99. The highest BCUT2D eigenvalue weighted by Gasteiger charge is 2.31. The van der Waals surface area contributed by atoms with Crippen molar-refractivity contribution in [2.75, 3.05) is 6.54 Å². The number of aliphatic hydroxyl groups excluding tert-OH is 1. The van der Waals surface area contributed by atoms with E-state index in [0.29, 0.717) is 6.54 Å². The van der Waals surface area contributed by atoms with Gasteiger partial charge in [-0.25, -0.2) is 5.48 Å². The number of hydrogen-bond acceptors (Lipinski definition) is 4. The average Bonchev–Trinajstić information content (AvgIpc) is 3.26. The van der Waals surface area contributed by atoms with Crippen LogP contribution in [0.4, 0.5) is 0 Å². The largest absolute Gasteiger partial charge is 0.392 e. The van der Waals surface area contributed by atoms with Gasteiger partial charge in [0.2, 0.25) is 0 Å². The molecule has 0 bridgehead atoms. The van der Waals surface area contributed by atoms with Crippen LogP contribution in [0.15, 0.2) is 54.6 Å². The van der Waals surface area contributed by atoms with Gasteiger partial charge < -0.3 is 10.1 Å². The highest BCUT2D eigenvalue weighted by molar-refractivity contribution is 5.90. The molecule has 2 atom stereocenters. The first-order chi connectivity index (χ1) is 14.5. The number of benzene rings is 2. The van der Waals surface area contributed by atoms with Crippen LogP contribution in [-0.4, -0.2) is 44.8 Å². The molecule has 6 nitrogen and oxygen atoms in total. The molecule has 0 radical (unpaired) electrons. The maximum atomic E-state index is 11.1. The van der Waals surface area contributed by atoms with Crippen molar-refractivity contribution in [3.63, 3.8) is 0 Å². The number of aliphatic hydroxyl groups is 1. The van der Waals surface area contributed by atoms with E-state index in [9.17, 15) is 9.90 Å². The highest BCUT2D eigenvalue weighted by Crippen LogP contribution is 2.29. The Morgan fingerprint density at radius 1 is 1.23 bits per heavy atom. The number of H-pyrrole nitrogens is 1. The monoisotopic (exact) mass is 405 g/mol. The number of aromatic amines is 1. The third-order valence-electron chi connectivity index (χ3n) is 5.88. The SMILES string of the molecule is Cc1[nH]c2ccccc2c1C[C@H]1C[C@H](O)CN1Cc1ccc(/C=C/C(=O)NO)cc1. The van der Waals surface area contributed by atoms with Gasteiger partial charge in [-0.1, -0.05) is 42.5 Å². The quantitative estimate of drug-likeness (QED) is 0.288. The molecule has 1 saturated heterocycles. The summed E-state index contributed by atoms with van der Waals surface area (Å²) in [7, 11) is 0. The normalized spacial score (nSPS) is 19.7. The van der Waals surface area contributed by atoms with E-state index in [0.717, 1.165) is 36.0 Å². The first kappa shape index (κ1) is 20.3. The molecule has 2 heterocycles. The number of nitrogens with one attached hydrogen (secondary N) is 2. The third kappa shape index (κ3) is 4.46. The van der Waals surface area contributed by atoms with Crippen LogP contribution in [0, 0.1) is 6.92 Å². The van der Waals surface area contributed by atoms with E-state index in [2.05, 4.69) is 35.0 Å². The fourth-order valence-electron chi connectivity index (χ4n) is 4.37. The Labute approximate surface area is 175 Å². The van der Waals surface area contributed by atoms with E-state index < -0.39 is 5.91 Å². The van der Waals surface area contributed by atoms with Crippen molar-refractivity contribution < 1.29 is 15.1 Å². The number of aryl methyl sites for hydroxylation is 1. The molecule has 0 spiro atoms. The van der Waals surface area contributed by atoms with E-state index in [1.165, 1.54) is 22.7 Å². The van der Waals surface area contributed by atoms with E-state index in [1.807, 2.05) is 30.3 Å². The van der Waals surface area contributed by atoms with Gasteiger partial charge in [0.15, 0.2) is 0 Å². The molecule has 0 saturated carbocycles. The predicted molar refractivity (Wildman–Crippen MR) is 117 cm³/mol. The van der Waals surface area contributed by atoms with Gasteiger partial charge in [-0.3, -0.25) is 14.9 Å². The smallest absolute Gasteiger partial charge is 0.267 e. The van der Waals surface area contributed by atoms with E-state index in [1.54, 1.807) is 11.6 Å². The summed E-state index contributed by atoms with van der Waals surface area (Å²) < 4.78 is 0. The Bertz CT molecular complexity index is 1060. The van der Waals surface area contributed by atoms with E-state index in [4.69, 9.17) is 5.21 Å². The van der Waals surface area contributed by atoms with Crippen LogP contribution in [0.25, 0.3) is 17.0 Å². The van der Waals surface area contributed by atoms with Gasteiger partial charge in [-0.05, 0) is 48.6 Å². The van der Waals surface area contributed by atoms with Gasteiger partial charge in [-0.15, -0.1) is 0 Å². The van der Waals surface area contributed by atoms with Crippen LogP contribution in [0.1, 0.15) is 28.8 Å². The number of hydroxylamine groups is 1. The van der Waals surface area contributed by atoms with Crippen molar-refractivity contribution in [1.82, 2.24) is 15.4 Å². The van der Waals surface area contributed by atoms with Crippen molar-refractivity contribution in [2.45, 2.75) is 38.5 Å². The number of para-hydroxylation sites is 1. The van der Waals surface area contributed by atoms with Crippen molar-refractivity contribution >= 4 is 22.9 Å². The number of fused-ring (bicyclic) bond motifs is 1. The minimum atomic E-state index is -0.555. The Morgan fingerprint density at radius 3 is 2.77 bits per heavy atom. The molecule has 0 aliphatic carbocycles. The van der Waals surface area contributed by atoms with Gasteiger partial charge in [0.05, 0.1) is 6.10 Å². The second kappa shape index (κ2) is 8.83. The van der Waals surface area contributed by atoms with E-state index in [-0.39, 0.29) is 12.1 Å². The van der Waals surface area contributed by atoms with Crippen molar-refractivity contribution in [3.05, 3.63) is 77.0 Å². The molecule has 156 valence electrons. The average molecular weight is 405 g/mol. The number of likely N-dealkylation sites (tertiary alicyclic amines) is 1. The Balaban J connectivity index is 1.47. The number of amides is 1. The minimum absolute atomic E-state index is 0.283. The van der Waals surface area contributed by atoms with Gasteiger partial charge in [0, 0.05) is 41.8 Å². The summed E-state index contributed by atoms with van der Waals surface area (Å²) in [6.45, 7) is 3.56. The zero-order valence-electron chi connectivity index (χ0n) is 17.0. The molecule has 2 aromatic carbocycles. The summed E-state index contributed by atoms with van der Waals surface area (Å²) >= 11 is 0. The third-order valence-corrected chi connectivity index (χ3v) is 5.88. The summed E-state index contributed by atoms with van der Waals surface area (Å²) in [6.07, 6.45) is 4.31. The molecule has 3 aromatic rings.